The summed E-state index contributed by atoms with van der Waals surface area (Å²) in [6.07, 6.45) is 2.01. The van der Waals surface area contributed by atoms with Gasteiger partial charge in [-0.25, -0.2) is 0 Å². The number of nitrogens with zero attached hydrogens (tertiary/aromatic N) is 2. The third-order valence-corrected chi connectivity index (χ3v) is 4.88. The van der Waals surface area contributed by atoms with Gasteiger partial charge in [0.15, 0.2) is 0 Å². The third kappa shape index (κ3) is 2.72. The second kappa shape index (κ2) is 6.18. The average Bonchev–Trinajstić information content (AvgIpc) is 3.05. The van der Waals surface area contributed by atoms with Crippen LogP contribution in [0.2, 0.25) is 0 Å². The summed E-state index contributed by atoms with van der Waals surface area (Å²) >= 11 is 3.58. The molecule has 0 spiro atoms. The highest BCUT2D eigenvalue weighted by Gasteiger charge is 2.15. The molecule has 0 atom stereocenters. The summed E-state index contributed by atoms with van der Waals surface area (Å²) in [6.45, 7) is 0. The summed E-state index contributed by atoms with van der Waals surface area (Å²) in [5, 5.41) is 12.3. The fourth-order valence-electron chi connectivity index (χ4n) is 3.04. The lowest BCUT2D eigenvalue weighted by Crippen LogP contribution is -1.93. The van der Waals surface area contributed by atoms with Crippen molar-refractivity contribution in [1.82, 2.24) is 4.57 Å². The van der Waals surface area contributed by atoms with Crippen LogP contribution in [-0.4, -0.2) is 9.49 Å². The van der Waals surface area contributed by atoms with E-state index >= 15 is 0 Å². The molecule has 4 rings (SSSR count). The van der Waals surface area contributed by atoms with Crippen molar-refractivity contribution in [3.8, 4) is 16.8 Å². The molecule has 3 aromatic carbocycles. The van der Waals surface area contributed by atoms with E-state index in [1.807, 2.05) is 60.8 Å². The zero-order valence-electron chi connectivity index (χ0n) is 13.1. The van der Waals surface area contributed by atoms with Crippen LogP contribution in [0.1, 0.15) is 0 Å². The molecule has 4 aromatic rings. The highest BCUT2D eigenvalue weighted by molar-refractivity contribution is 9.10. The van der Waals surface area contributed by atoms with Crippen LogP contribution in [0.3, 0.4) is 0 Å². The largest absolute Gasteiger partial charge is 0.315 e. The summed E-state index contributed by atoms with van der Waals surface area (Å²) in [5.74, 6) is 0. The van der Waals surface area contributed by atoms with Gasteiger partial charge in [-0.1, -0.05) is 30.3 Å². The molecule has 0 aliphatic rings. The minimum atomic E-state index is -0.341. The van der Waals surface area contributed by atoms with Gasteiger partial charge < -0.3 is 4.57 Å². The van der Waals surface area contributed by atoms with Gasteiger partial charge in [-0.05, 0) is 57.9 Å². The van der Waals surface area contributed by atoms with Gasteiger partial charge in [0.05, 0.1) is 21.7 Å². The van der Waals surface area contributed by atoms with Crippen LogP contribution < -0.4 is 0 Å². The predicted octanol–water partition coefficient (Wildman–Crippen LogP) is 5.97. The Bertz CT molecular complexity index is 1100. The Morgan fingerprint density at radius 2 is 1.68 bits per heavy atom. The molecule has 0 unspecified atom stereocenters. The van der Waals surface area contributed by atoms with Crippen molar-refractivity contribution in [1.29, 1.82) is 0 Å². The molecular formula is C20H13BrN2O2. The van der Waals surface area contributed by atoms with Gasteiger partial charge in [-0.15, -0.1) is 0 Å². The lowest BCUT2D eigenvalue weighted by molar-refractivity contribution is -0.384. The monoisotopic (exact) mass is 392 g/mol. The molecular weight excluding hydrogens is 380 g/mol. The third-order valence-electron chi connectivity index (χ3n) is 4.21. The fourth-order valence-corrected chi connectivity index (χ4v) is 3.52. The number of hydrogen-bond donors (Lipinski definition) is 0. The first-order chi connectivity index (χ1) is 12.1. The predicted molar refractivity (Wildman–Crippen MR) is 103 cm³/mol. The molecule has 0 radical (unpaired) electrons. The molecule has 0 N–H and O–H groups in total. The zero-order valence-corrected chi connectivity index (χ0v) is 14.7. The van der Waals surface area contributed by atoms with Crippen molar-refractivity contribution in [2.24, 2.45) is 0 Å². The van der Waals surface area contributed by atoms with E-state index in [0.717, 1.165) is 26.6 Å². The van der Waals surface area contributed by atoms with Gasteiger partial charge in [0.1, 0.15) is 0 Å². The van der Waals surface area contributed by atoms with Gasteiger partial charge in [0.2, 0.25) is 0 Å². The topological polar surface area (TPSA) is 48.1 Å². The first-order valence-electron chi connectivity index (χ1n) is 7.75. The molecule has 1 aromatic heterocycles. The van der Waals surface area contributed by atoms with E-state index in [1.54, 1.807) is 12.1 Å². The van der Waals surface area contributed by atoms with E-state index < -0.39 is 0 Å². The normalized spacial score (nSPS) is 10.9. The molecule has 0 amide bonds. The minimum Gasteiger partial charge on any atom is -0.315 e. The number of nitro groups is 1. The van der Waals surface area contributed by atoms with E-state index in [2.05, 4.69) is 20.5 Å². The Balaban J connectivity index is 1.87. The molecule has 122 valence electrons. The second-order valence-electron chi connectivity index (χ2n) is 5.69. The quantitative estimate of drug-likeness (QED) is 0.318. The summed E-state index contributed by atoms with van der Waals surface area (Å²) in [5.41, 5.74) is 3.69. The van der Waals surface area contributed by atoms with Crippen LogP contribution in [0.25, 0.3) is 27.7 Å². The lowest BCUT2D eigenvalue weighted by Gasteiger charge is -2.09. The second-order valence-corrected chi connectivity index (χ2v) is 6.54. The number of halogens is 1. The van der Waals surface area contributed by atoms with Crippen molar-refractivity contribution in [3.63, 3.8) is 0 Å². The number of nitro benzene ring substituents is 1. The van der Waals surface area contributed by atoms with Gasteiger partial charge in [0.25, 0.3) is 5.69 Å². The molecule has 0 fully saturated rings. The standard InChI is InChI=1S/C20H13BrN2O2/c21-17-6-2-4-8-20(17)22-12-11-15-13-14(9-10-18(15)22)16-5-1-3-7-19(16)23(24)25/h1-13H. The molecule has 1 heterocycles. The van der Waals surface area contributed by atoms with Gasteiger partial charge in [0, 0.05) is 22.1 Å². The highest BCUT2D eigenvalue weighted by Crippen LogP contribution is 2.33. The van der Waals surface area contributed by atoms with E-state index in [4.69, 9.17) is 0 Å². The maximum Gasteiger partial charge on any atom is 0.277 e. The van der Waals surface area contributed by atoms with Crippen LogP contribution in [-0.2, 0) is 0 Å². The average molecular weight is 393 g/mol. The Morgan fingerprint density at radius 3 is 2.48 bits per heavy atom. The van der Waals surface area contributed by atoms with Crippen LogP contribution in [0.5, 0.6) is 0 Å². The fraction of sp³-hybridized carbons (Fsp3) is 0. The Morgan fingerprint density at radius 1 is 0.920 bits per heavy atom. The summed E-state index contributed by atoms with van der Waals surface area (Å²) < 4.78 is 3.11. The van der Waals surface area contributed by atoms with E-state index in [1.165, 1.54) is 6.07 Å². The minimum absolute atomic E-state index is 0.118. The number of fused-ring (bicyclic) bond motifs is 1. The van der Waals surface area contributed by atoms with E-state index in [0.29, 0.717) is 5.56 Å². The molecule has 0 aliphatic heterocycles. The van der Waals surface area contributed by atoms with Crippen molar-refractivity contribution < 1.29 is 4.92 Å². The first kappa shape index (κ1) is 15.6. The SMILES string of the molecule is O=[N+]([O-])c1ccccc1-c1ccc2c(ccn2-c2ccccc2Br)c1. The van der Waals surface area contributed by atoms with Gasteiger partial charge >= 0.3 is 0 Å². The number of para-hydroxylation sites is 2. The molecule has 0 saturated carbocycles. The van der Waals surface area contributed by atoms with Gasteiger partial charge in [-0.3, -0.25) is 10.1 Å². The maximum absolute atomic E-state index is 11.3. The number of hydrogen-bond acceptors (Lipinski definition) is 2. The maximum atomic E-state index is 11.3. The molecule has 0 bridgehead atoms. The van der Waals surface area contributed by atoms with Gasteiger partial charge in [-0.2, -0.15) is 0 Å². The van der Waals surface area contributed by atoms with Crippen molar-refractivity contribution >= 4 is 32.5 Å². The van der Waals surface area contributed by atoms with Crippen LogP contribution in [0.4, 0.5) is 5.69 Å². The summed E-state index contributed by atoms with van der Waals surface area (Å²) in [6, 6.07) is 22.8. The molecule has 4 nitrogen and oxygen atoms in total. The summed E-state index contributed by atoms with van der Waals surface area (Å²) in [4.78, 5) is 10.9. The van der Waals surface area contributed by atoms with Crippen LogP contribution >= 0.6 is 15.9 Å². The van der Waals surface area contributed by atoms with E-state index in [-0.39, 0.29) is 10.6 Å². The first-order valence-corrected chi connectivity index (χ1v) is 8.54. The Hall–Kier alpha value is -2.92. The number of benzene rings is 3. The van der Waals surface area contributed by atoms with E-state index in [9.17, 15) is 10.1 Å². The van der Waals surface area contributed by atoms with Crippen LogP contribution in [0.15, 0.2) is 83.5 Å². The van der Waals surface area contributed by atoms with Crippen molar-refractivity contribution in [2.45, 2.75) is 0 Å². The Labute approximate surface area is 152 Å². The zero-order chi connectivity index (χ0) is 17.4. The van der Waals surface area contributed by atoms with Crippen molar-refractivity contribution in [3.05, 3.63) is 93.6 Å². The van der Waals surface area contributed by atoms with Crippen LogP contribution in [0, 0.1) is 10.1 Å². The molecule has 25 heavy (non-hydrogen) atoms. The van der Waals surface area contributed by atoms with Crippen molar-refractivity contribution in [2.75, 3.05) is 0 Å². The molecule has 0 saturated heterocycles. The number of rotatable bonds is 3. The highest BCUT2D eigenvalue weighted by atomic mass is 79.9. The lowest BCUT2D eigenvalue weighted by atomic mass is 10.0. The molecule has 5 heteroatoms. The Kier molecular flexibility index (Phi) is 3.86. The number of aromatic nitrogens is 1. The smallest absolute Gasteiger partial charge is 0.277 e. The summed E-state index contributed by atoms with van der Waals surface area (Å²) in [7, 11) is 0. The molecule has 0 aliphatic carbocycles.